The van der Waals surface area contributed by atoms with Crippen molar-refractivity contribution in [2.45, 2.75) is 24.5 Å². The van der Waals surface area contributed by atoms with Gasteiger partial charge < -0.3 is 39.8 Å². The molecule has 12 nitrogen and oxygen atoms in total. The summed E-state index contributed by atoms with van der Waals surface area (Å²) in [5.74, 6) is 0.858. The number of aromatic nitrogens is 4. The van der Waals surface area contributed by atoms with E-state index in [4.69, 9.17) is 15.0 Å². The van der Waals surface area contributed by atoms with Crippen LogP contribution in [0.25, 0.3) is 17.2 Å². The molecule has 2 unspecified atom stereocenters. The summed E-state index contributed by atoms with van der Waals surface area (Å²) >= 11 is 0. The average molecular weight is 448 g/mol. The van der Waals surface area contributed by atoms with Gasteiger partial charge in [0.05, 0.1) is 12.9 Å². The van der Waals surface area contributed by atoms with E-state index in [2.05, 4.69) is 15.0 Å². The number of anilines is 1. The molecule has 1 saturated heterocycles. The topological polar surface area (TPSA) is 189 Å². The molecule has 0 saturated carbocycles. The Morgan fingerprint density at radius 2 is 2.03 bits per heavy atom. The number of nitrogens with zero attached hydrogens (tertiary/aromatic N) is 4. The van der Waals surface area contributed by atoms with Crippen molar-refractivity contribution in [2.75, 3.05) is 12.3 Å². The van der Waals surface area contributed by atoms with Crippen LogP contribution in [0.5, 0.6) is 5.75 Å². The van der Waals surface area contributed by atoms with Crippen LogP contribution in [0.15, 0.2) is 42.7 Å². The van der Waals surface area contributed by atoms with Crippen molar-refractivity contribution in [1.29, 1.82) is 0 Å². The van der Waals surface area contributed by atoms with Crippen molar-refractivity contribution < 1.29 is 34.0 Å². The zero-order chi connectivity index (χ0) is 22.2. The zero-order valence-corrected chi connectivity index (χ0v) is 16.8. The largest absolute Gasteiger partial charge is 0.775 e. The maximum Gasteiger partial charge on any atom is 0.167 e. The highest BCUT2D eigenvalue weighted by molar-refractivity contribution is 7.55. The highest BCUT2D eigenvalue weighted by atomic mass is 31.2. The molecule has 2 aromatic heterocycles. The van der Waals surface area contributed by atoms with Crippen molar-refractivity contribution in [3.63, 3.8) is 0 Å². The minimum absolute atomic E-state index is 0.0868. The molecule has 1 aromatic carbocycles. The highest BCUT2D eigenvalue weighted by Gasteiger charge is 2.44. The average Bonchev–Trinajstić information content (AvgIpc) is 3.29. The Morgan fingerprint density at radius 1 is 1.26 bits per heavy atom. The summed E-state index contributed by atoms with van der Waals surface area (Å²) in [5, 5.41) is 30.4. The number of aliphatic hydroxyl groups is 2. The summed E-state index contributed by atoms with van der Waals surface area (Å²) in [7, 11) is -4.47. The predicted molar refractivity (Wildman–Crippen MR) is 106 cm³/mol. The molecular weight excluding hydrogens is 429 g/mol. The number of nitrogens with two attached hydrogens (primary N) is 1. The van der Waals surface area contributed by atoms with Crippen LogP contribution in [0.3, 0.4) is 0 Å². The van der Waals surface area contributed by atoms with Gasteiger partial charge in [0.15, 0.2) is 25.3 Å². The van der Waals surface area contributed by atoms with E-state index in [0.29, 0.717) is 11.1 Å². The minimum atomic E-state index is -4.47. The Balaban J connectivity index is 1.45. The summed E-state index contributed by atoms with van der Waals surface area (Å²) in [4.78, 5) is 24.1. The van der Waals surface area contributed by atoms with Crippen LogP contribution in [0, 0.1) is 0 Å². The van der Waals surface area contributed by atoms with E-state index < -0.39 is 38.7 Å². The summed E-state index contributed by atoms with van der Waals surface area (Å²) in [6.07, 6.45) is -1.32. The Kier molecular flexibility index (Phi) is 5.75. The number of phenolic OH excluding ortho intramolecular Hbond substituents is 1. The van der Waals surface area contributed by atoms with Crippen LogP contribution in [0.4, 0.5) is 5.82 Å². The normalized spacial score (nSPS) is 25.9. The van der Waals surface area contributed by atoms with Gasteiger partial charge >= 0.3 is 0 Å². The fourth-order valence-corrected chi connectivity index (χ4v) is 3.96. The number of imidazole rings is 1. The molecule has 0 spiro atoms. The van der Waals surface area contributed by atoms with Gasteiger partial charge in [0.2, 0.25) is 0 Å². The second kappa shape index (κ2) is 8.35. The van der Waals surface area contributed by atoms with Crippen LogP contribution in [-0.4, -0.2) is 59.8 Å². The number of hydrogen-bond acceptors (Lipinski definition) is 11. The second-order valence-electron chi connectivity index (χ2n) is 6.84. The predicted octanol–water partition coefficient (Wildman–Crippen LogP) is -0.0258. The van der Waals surface area contributed by atoms with Crippen LogP contribution < -0.4 is 10.6 Å². The molecule has 5 atom stereocenters. The smallest absolute Gasteiger partial charge is 0.167 e. The zero-order valence-electron chi connectivity index (χ0n) is 15.9. The van der Waals surface area contributed by atoms with E-state index in [1.165, 1.54) is 35.4 Å². The monoisotopic (exact) mass is 448 g/mol. The number of phenols is 1. The third kappa shape index (κ3) is 4.30. The maximum atomic E-state index is 12.2. The lowest BCUT2D eigenvalue weighted by molar-refractivity contribution is -0.197. The molecule has 0 radical (unpaired) electrons. The van der Waals surface area contributed by atoms with Gasteiger partial charge in [0.25, 0.3) is 0 Å². The molecule has 13 heteroatoms. The number of aliphatic hydroxyl groups excluding tert-OH is 2. The minimum Gasteiger partial charge on any atom is -0.775 e. The van der Waals surface area contributed by atoms with E-state index >= 15 is 0 Å². The maximum absolute atomic E-state index is 12.2. The molecule has 164 valence electrons. The fraction of sp³-hybridized carbons (Fsp3) is 0.278. The molecule has 0 bridgehead atoms. The Hall–Kier alpha value is -2.86. The summed E-state index contributed by atoms with van der Waals surface area (Å²) in [6.45, 7) is -0.537. The van der Waals surface area contributed by atoms with Gasteiger partial charge in [-0.3, -0.25) is 4.57 Å². The summed E-state index contributed by atoms with van der Waals surface area (Å²) < 4.78 is 24.1. The van der Waals surface area contributed by atoms with Crippen molar-refractivity contribution in [3.8, 4) is 5.75 Å². The van der Waals surface area contributed by atoms with Crippen molar-refractivity contribution in [1.82, 2.24) is 19.5 Å². The number of hydrogen-bond donors (Lipinski definition) is 4. The molecule has 1 aliphatic rings. The quantitative estimate of drug-likeness (QED) is 0.371. The first-order chi connectivity index (χ1) is 14.8. The van der Waals surface area contributed by atoms with Gasteiger partial charge in [-0.05, 0) is 18.0 Å². The molecule has 5 N–H and O–H groups in total. The third-order valence-electron chi connectivity index (χ3n) is 4.79. The lowest BCUT2D eigenvalue weighted by Crippen LogP contribution is -2.33. The molecule has 3 heterocycles. The molecule has 1 aliphatic heterocycles. The lowest BCUT2D eigenvalue weighted by Gasteiger charge is -2.22. The summed E-state index contributed by atoms with van der Waals surface area (Å²) in [5.41, 5.74) is 6.62. The van der Waals surface area contributed by atoms with Gasteiger partial charge in [-0.1, -0.05) is 18.2 Å². The van der Waals surface area contributed by atoms with Gasteiger partial charge in [-0.2, -0.15) is 0 Å². The number of aromatic hydroxyl groups is 1. The van der Waals surface area contributed by atoms with Gasteiger partial charge in [0, 0.05) is 5.56 Å². The lowest BCUT2D eigenvalue weighted by atomic mass is 10.1. The number of rotatable bonds is 6. The van der Waals surface area contributed by atoms with Gasteiger partial charge in [-0.25, -0.2) is 15.0 Å². The molecule has 0 amide bonds. The molecule has 31 heavy (non-hydrogen) atoms. The van der Waals surface area contributed by atoms with Crippen LogP contribution in [0.2, 0.25) is 0 Å². The van der Waals surface area contributed by atoms with E-state index in [-0.39, 0.29) is 17.2 Å². The Morgan fingerprint density at radius 3 is 2.81 bits per heavy atom. The highest BCUT2D eigenvalue weighted by Crippen LogP contribution is 2.41. The van der Waals surface area contributed by atoms with Crippen molar-refractivity contribution in [2.24, 2.45) is 0 Å². The third-order valence-corrected chi connectivity index (χ3v) is 5.81. The van der Waals surface area contributed by atoms with E-state index in [1.54, 1.807) is 12.1 Å². The molecule has 0 aliphatic carbocycles. The SMILES string of the molecule is Nc1ncnc2c1ncn2[C@@H]1O[C@H](COP(=O)([O-])/C=C/c2ccccc2O)[C@H](O)C1O. The standard InChI is InChI=1S/C18H20N5O7P/c19-16-13-17(21-8-20-16)23(9-22-13)18-15(26)14(25)12(30-18)7-29-31(27,28)6-5-10-3-1-2-4-11(10)24/h1-6,8-9,12,14-15,18,24-26H,7H2,(H,27,28)(H2,19,20,21)/p-1/b6-5+/t12-,14+,15?,18-/m1/s1. The van der Waals surface area contributed by atoms with Crippen molar-refractivity contribution >= 4 is 30.7 Å². The number of ether oxygens (including phenoxy) is 1. The van der Waals surface area contributed by atoms with E-state index in [9.17, 15) is 24.8 Å². The van der Waals surface area contributed by atoms with E-state index in [0.717, 1.165) is 5.82 Å². The number of fused-ring (bicyclic) bond motifs is 1. The molecule has 1 fully saturated rings. The van der Waals surface area contributed by atoms with E-state index in [1.807, 2.05) is 0 Å². The molecule has 3 aromatic rings. The van der Waals surface area contributed by atoms with Crippen LogP contribution >= 0.6 is 7.60 Å². The number of nitrogen functional groups attached to an aromatic ring is 1. The number of benzene rings is 1. The van der Waals surface area contributed by atoms with Gasteiger partial charge in [0.1, 0.15) is 35.9 Å². The Labute approximate surface area is 175 Å². The van der Waals surface area contributed by atoms with Crippen LogP contribution in [-0.2, 0) is 13.8 Å². The van der Waals surface area contributed by atoms with Crippen LogP contribution in [0.1, 0.15) is 11.8 Å². The molecular formula is C18H19N5O7P-. The first-order valence-electron chi connectivity index (χ1n) is 9.14. The first-order valence-corrected chi connectivity index (χ1v) is 10.7. The first kappa shape index (κ1) is 21.4. The fourth-order valence-electron chi connectivity index (χ4n) is 3.17. The second-order valence-corrected chi connectivity index (χ2v) is 8.48. The van der Waals surface area contributed by atoms with Crippen molar-refractivity contribution in [3.05, 3.63) is 48.3 Å². The molecule has 4 rings (SSSR count). The number of para-hydroxylation sites is 1. The van der Waals surface area contributed by atoms with Gasteiger partial charge in [-0.15, -0.1) is 0 Å². The summed E-state index contributed by atoms with van der Waals surface area (Å²) in [6, 6.07) is 6.18. The Bertz CT molecular complexity index is 1170.